The van der Waals surface area contributed by atoms with Crippen molar-refractivity contribution in [2.75, 3.05) is 26.9 Å². The number of rotatable bonds is 7. The zero-order valence-electron chi connectivity index (χ0n) is 8.81. The summed E-state index contributed by atoms with van der Waals surface area (Å²) in [7, 11) is 1.62. The fourth-order valence-electron chi connectivity index (χ4n) is 1.08. The normalized spacial score (nSPS) is 10.5. The number of nitrogens with zero attached hydrogens (tertiary/aromatic N) is 1. The summed E-state index contributed by atoms with van der Waals surface area (Å²) in [6, 6.07) is 5.08. The van der Waals surface area contributed by atoms with Gasteiger partial charge in [-0.25, -0.2) is 5.48 Å². The molecular weight excluding hydrogens is 196 g/mol. The van der Waals surface area contributed by atoms with E-state index >= 15 is 0 Å². The van der Waals surface area contributed by atoms with Gasteiger partial charge in [0.05, 0.1) is 13.2 Å². The molecule has 0 fully saturated rings. The lowest BCUT2D eigenvalue weighted by Crippen LogP contribution is -2.27. The Morgan fingerprint density at radius 1 is 1.40 bits per heavy atom. The fraction of sp³-hybridized carbons (Fsp3) is 0.500. The summed E-state index contributed by atoms with van der Waals surface area (Å²) < 4.78 is 6.42. The molecule has 5 heteroatoms. The van der Waals surface area contributed by atoms with Gasteiger partial charge < -0.3 is 9.30 Å². The average molecular weight is 212 g/mol. The van der Waals surface area contributed by atoms with Gasteiger partial charge in [0, 0.05) is 32.5 Å². The summed E-state index contributed by atoms with van der Waals surface area (Å²) in [5.41, 5.74) is 2.75. The van der Waals surface area contributed by atoms with E-state index in [9.17, 15) is 4.79 Å². The quantitative estimate of drug-likeness (QED) is 0.511. The van der Waals surface area contributed by atoms with Crippen LogP contribution in [0.15, 0.2) is 29.2 Å². The van der Waals surface area contributed by atoms with Crippen LogP contribution in [0.3, 0.4) is 0 Å². The Hall–Kier alpha value is -1.17. The number of hydrogen-bond donors (Lipinski definition) is 1. The molecule has 0 saturated heterocycles. The van der Waals surface area contributed by atoms with Crippen molar-refractivity contribution >= 4 is 0 Å². The van der Waals surface area contributed by atoms with Crippen LogP contribution in [0, 0.1) is 0 Å². The van der Waals surface area contributed by atoms with Crippen LogP contribution in [-0.4, -0.2) is 31.4 Å². The van der Waals surface area contributed by atoms with Gasteiger partial charge in [-0.1, -0.05) is 6.07 Å². The zero-order chi connectivity index (χ0) is 10.9. The molecule has 0 aliphatic rings. The van der Waals surface area contributed by atoms with Gasteiger partial charge in [-0.15, -0.1) is 0 Å². The molecule has 1 aromatic heterocycles. The molecule has 0 radical (unpaired) electrons. The van der Waals surface area contributed by atoms with Gasteiger partial charge in [0.25, 0.3) is 5.56 Å². The zero-order valence-corrected chi connectivity index (χ0v) is 8.81. The molecule has 1 N–H and O–H groups in total. The lowest BCUT2D eigenvalue weighted by molar-refractivity contribution is 0.00570. The van der Waals surface area contributed by atoms with E-state index in [1.807, 2.05) is 6.07 Å². The van der Waals surface area contributed by atoms with Crippen LogP contribution >= 0.6 is 0 Å². The number of hydroxylamine groups is 1. The lowest BCUT2D eigenvalue weighted by Gasteiger charge is -2.06. The first-order valence-corrected chi connectivity index (χ1v) is 4.83. The van der Waals surface area contributed by atoms with Crippen molar-refractivity contribution in [3.8, 4) is 0 Å². The van der Waals surface area contributed by atoms with E-state index in [2.05, 4.69) is 5.48 Å². The third kappa shape index (κ3) is 4.73. The molecule has 15 heavy (non-hydrogen) atoms. The standard InChI is InChI=1S/C10H16N2O3/c1-14-8-9-15-11-5-7-12-6-3-2-4-10(12)13/h2-4,6,11H,5,7-9H2,1H3. The van der Waals surface area contributed by atoms with Gasteiger partial charge in [-0.2, -0.15) is 0 Å². The second-order valence-corrected chi connectivity index (χ2v) is 2.97. The Morgan fingerprint density at radius 3 is 3.00 bits per heavy atom. The highest BCUT2D eigenvalue weighted by Gasteiger charge is 1.93. The number of methoxy groups -OCH3 is 1. The predicted molar refractivity (Wildman–Crippen MR) is 56.5 cm³/mol. The van der Waals surface area contributed by atoms with Gasteiger partial charge in [-0.3, -0.25) is 9.63 Å². The summed E-state index contributed by atoms with van der Waals surface area (Å²) in [6.07, 6.45) is 1.75. The van der Waals surface area contributed by atoms with E-state index in [0.717, 1.165) is 0 Å². The van der Waals surface area contributed by atoms with E-state index in [-0.39, 0.29) is 5.56 Å². The molecule has 0 aromatic carbocycles. The van der Waals surface area contributed by atoms with E-state index in [1.165, 1.54) is 6.07 Å². The van der Waals surface area contributed by atoms with Gasteiger partial charge in [0.15, 0.2) is 0 Å². The van der Waals surface area contributed by atoms with Crippen LogP contribution in [0.2, 0.25) is 0 Å². The molecule has 84 valence electrons. The molecule has 0 bridgehead atoms. The monoisotopic (exact) mass is 212 g/mol. The van der Waals surface area contributed by atoms with Crippen molar-refractivity contribution in [3.63, 3.8) is 0 Å². The van der Waals surface area contributed by atoms with Gasteiger partial charge in [-0.05, 0) is 6.07 Å². The topological polar surface area (TPSA) is 52.5 Å². The van der Waals surface area contributed by atoms with Crippen molar-refractivity contribution in [2.24, 2.45) is 0 Å². The Labute approximate surface area is 88.6 Å². The molecule has 0 amide bonds. The van der Waals surface area contributed by atoms with Crippen LogP contribution in [0.25, 0.3) is 0 Å². The lowest BCUT2D eigenvalue weighted by atomic mass is 10.4. The van der Waals surface area contributed by atoms with E-state index in [1.54, 1.807) is 23.9 Å². The Kier molecular flexibility index (Phi) is 5.69. The smallest absolute Gasteiger partial charge is 0.250 e. The fourth-order valence-corrected chi connectivity index (χ4v) is 1.08. The maximum Gasteiger partial charge on any atom is 0.250 e. The molecule has 1 rings (SSSR count). The Bertz CT molecular complexity index is 324. The highest BCUT2D eigenvalue weighted by Crippen LogP contribution is 1.81. The minimum Gasteiger partial charge on any atom is -0.382 e. The molecule has 0 spiro atoms. The molecule has 0 aliphatic heterocycles. The number of aromatic nitrogens is 1. The Balaban J connectivity index is 2.15. The van der Waals surface area contributed by atoms with Crippen molar-refractivity contribution in [1.29, 1.82) is 0 Å². The first kappa shape index (κ1) is 11.9. The number of pyridine rings is 1. The minimum absolute atomic E-state index is 0.00353. The van der Waals surface area contributed by atoms with Crippen molar-refractivity contribution in [2.45, 2.75) is 6.54 Å². The number of hydrogen-bond acceptors (Lipinski definition) is 4. The third-order valence-corrected chi connectivity index (χ3v) is 1.85. The third-order valence-electron chi connectivity index (χ3n) is 1.85. The summed E-state index contributed by atoms with van der Waals surface area (Å²) in [6.45, 7) is 2.23. The average Bonchev–Trinajstić information content (AvgIpc) is 2.25. The van der Waals surface area contributed by atoms with Gasteiger partial charge in [0.2, 0.25) is 0 Å². The summed E-state index contributed by atoms with van der Waals surface area (Å²) in [5, 5.41) is 0. The van der Waals surface area contributed by atoms with E-state index < -0.39 is 0 Å². The van der Waals surface area contributed by atoms with Gasteiger partial charge >= 0.3 is 0 Å². The maximum atomic E-state index is 11.3. The van der Waals surface area contributed by atoms with E-state index in [0.29, 0.717) is 26.3 Å². The molecule has 1 aromatic rings. The maximum absolute atomic E-state index is 11.3. The van der Waals surface area contributed by atoms with Gasteiger partial charge in [0.1, 0.15) is 0 Å². The Morgan fingerprint density at radius 2 is 2.27 bits per heavy atom. The molecule has 0 aliphatic carbocycles. The second kappa shape index (κ2) is 7.17. The highest BCUT2D eigenvalue weighted by molar-refractivity contribution is 4.92. The largest absolute Gasteiger partial charge is 0.382 e. The van der Waals surface area contributed by atoms with E-state index in [4.69, 9.17) is 9.57 Å². The van der Waals surface area contributed by atoms with Crippen molar-refractivity contribution < 1.29 is 9.57 Å². The molecule has 1 heterocycles. The molecule has 0 saturated carbocycles. The molecule has 0 unspecified atom stereocenters. The summed E-state index contributed by atoms with van der Waals surface area (Å²) >= 11 is 0. The first-order chi connectivity index (χ1) is 7.34. The summed E-state index contributed by atoms with van der Waals surface area (Å²) in [5.74, 6) is 0. The minimum atomic E-state index is -0.00353. The SMILES string of the molecule is COCCONCCn1ccccc1=O. The number of nitrogens with one attached hydrogen (secondary N) is 1. The van der Waals surface area contributed by atoms with Crippen LogP contribution < -0.4 is 11.0 Å². The van der Waals surface area contributed by atoms with Crippen LogP contribution in [-0.2, 0) is 16.1 Å². The van der Waals surface area contributed by atoms with Crippen molar-refractivity contribution in [3.05, 3.63) is 34.7 Å². The van der Waals surface area contributed by atoms with Crippen molar-refractivity contribution in [1.82, 2.24) is 10.0 Å². The molecular formula is C10H16N2O3. The van der Waals surface area contributed by atoms with Crippen LogP contribution in [0.5, 0.6) is 0 Å². The number of ether oxygens (including phenoxy) is 1. The first-order valence-electron chi connectivity index (χ1n) is 4.83. The highest BCUT2D eigenvalue weighted by atomic mass is 16.7. The predicted octanol–water partition coefficient (Wildman–Crippen LogP) is 0.0159. The second-order valence-electron chi connectivity index (χ2n) is 2.97. The summed E-state index contributed by atoms with van der Waals surface area (Å²) in [4.78, 5) is 16.3. The molecule has 0 atom stereocenters. The van der Waals surface area contributed by atoms with Crippen LogP contribution in [0.1, 0.15) is 0 Å². The van der Waals surface area contributed by atoms with Crippen LogP contribution in [0.4, 0.5) is 0 Å². The molecule has 5 nitrogen and oxygen atoms in total.